The van der Waals surface area contributed by atoms with E-state index in [2.05, 4.69) is 15.5 Å². The molecule has 0 spiro atoms. The lowest BCUT2D eigenvalue weighted by Gasteiger charge is -2.31. The van der Waals surface area contributed by atoms with E-state index in [1.807, 2.05) is 0 Å². The van der Waals surface area contributed by atoms with Crippen LogP contribution in [-0.4, -0.2) is 61.5 Å². The Morgan fingerprint density at radius 2 is 2.35 bits per heavy atom. The zero-order chi connectivity index (χ0) is 16.3. The van der Waals surface area contributed by atoms with E-state index in [1.165, 1.54) is 16.8 Å². The van der Waals surface area contributed by atoms with Gasteiger partial charge in [-0.05, 0) is 12.1 Å². The molecule has 3 heterocycles. The zero-order valence-corrected chi connectivity index (χ0v) is 13.5. The van der Waals surface area contributed by atoms with E-state index < -0.39 is 10.0 Å². The Bertz CT molecular complexity index is 727. The number of sulfonamides is 1. The third kappa shape index (κ3) is 4.16. The summed E-state index contributed by atoms with van der Waals surface area (Å²) in [7, 11) is -3.18. The van der Waals surface area contributed by atoms with E-state index in [1.54, 1.807) is 12.1 Å². The van der Waals surface area contributed by atoms with E-state index in [9.17, 15) is 8.42 Å². The van der Waals surface area contributed by atoms with Crippen LogP contribution < -0.4 is 5.32 Å². The molecule has 1 N–H and O–H groups in total. The van der Waals surface area contributed by atoms with Crippen molar-refractivity contribution in [2.45, 2.75) is 12.6 Å². The topological polar surface area (TPSA) is 111 Å². The molecule has 0 aromatic carbocycles. The van der Waals surface area contributed by atoms with Crippen molar-refractivity contribution in [2.75, 3.05) is 32.5 Å². The number of aromatic nitrogens is 2. The summed E-state index contributed by atoms with van der Waals surface area (Å²) in [5, 5.41) is 6.96. The first-order valence-electron chi connectivity index (χ1n) is 7.16. The minimum Gasteiger partial charge on any atom is -0.461 e. The third-order valence-corrected chi connectivity index (χ3v) is 4.70. The van der Waals surface area contributed by atoms with Gasteiger partial charge in [0.2, 0.25) is 21.7 Å². The van der Waals surface area contributed by atoms with E-state index in [0.29, 0.717) is 50.3 Å². The molecule has 0 radical (unpaired) electrons. The maximum absolute atomic E-state index is 11.6. The highest BCUT2D eigenvalue weighted by Crippen LogP contribution is 2.15. The number of rotatable bonds is 6. The molecule has 1 atom stereocenters. The maximum atomic E-state index is 11.6. The fourth-order valence-corrected chi connectivity index (χ4v) is 3.13. The molecule has 1 aliphatic heterocycles. The van der Waals surface area contributed by atoms with Gasteiger partial charge in [-0.2, -0.15) is 9.29 Å². The highest BCUT2D eigenvalue weighted by Gasteiger charge is 2.26. The third-order valence-electron chi connectivity index (χ3n) is 3.43. The second-order valence-electron chi connectivity index (χ2n) is 5.23. The maximum Gasteiger partial charge on any atom is 0.241 e. The normalized spacial score (nSPS) is 20.0. The van der Waals surface area contributed by atoms with Crippen LogP contribution in [0.4, 0.5) is 0 Å². The summed E-state index contributed by atoms with van der Waals surface area (Å²) < 4.78 is 40.4. The highest BCUT2D eigenvalue weighted by atomic mass is 32.2. The lowest BCUT2D eigenvalue weighted by Crippen LogP contribution is -2.48. The Morgan fingerprint density at radius 3 is 3.09 bits per heavy atom. The molecule has 23 heavy (non-hydrogen) atoms. The van der Waals surface area contributed by atoms with Gasteiger partial charge in [-0.15, -0.1) is 0 Å². The van der Waals surface area contributed by atoms with E-state index in [4.69, 9.17) is 13.7 Å². The molecule has 3 rings (SSSR count). The van der Waals surface area contributed by atoms with Gasteiger partial charge in [0.05, 0.1) is 31.8 Å². The first kappa shape index (κ1) is 16.1. The standard InChI is InChI=1S/C13H18N4O5S/c1-23(18,19)17-4-6-20-10(9-17)7-14-8-12-15-13(16-22-12)11-3-2-5-21-11/h2-3,5,10,14H,4,6-9H2,1H3/t10-/m0/s1. The number of ether oxygens (including phenoxy) is 1. The van der Waals surface area contributed by atoms with Crippen LogP contribution in [0.3, 0.4) is 0 Å². The van der Waals surface area contributed by atoms with E-state index in [-0.39, 0.29) is 6.10 Å². The van der Waals surface area contributed by atoms with Crippen molar-refractivity contribution in [2.24, 2.45) is 0 Å². The van der Waals surface area contributed by atoms with Crippen LogP contribution in [-0.2, 0) is 21.3 Å². The largest absolute Gasteiger partial charge is 0.461 e. The molecule has 2 aromatic rings. The number of morpholine rings is 1. The van der Waals surface area contributed by atoms with Gasteiger partial charge in [0.25, 0.3) is 0 Å². The molecule has 126 valence electrons. The molecule has 0 saturated carbocycles. The number of furan rings is 1. The van der Waals surface area contributed by atoms with Gasteiger partial charge in [0.15, 0.2) is 5.76 Å². The van der Waals surface area contributed by atoms with Crippen LogP contribution in [0.5, 0.6) is 0 Å². The second kappa shape index (κ2) is 6.79. The van der Waals surface area contributed by atoms with Crippen molar-refractivity contribution < 1.29 is 22.1 Å². The van der Waals surface area contributed by atoms with E-state index in [0.717, 1.165) is 0 Å². The Kier molecular flexibility index (Phi) is 4.76. The van der Waals surface area contributed by atoms with Crippen LogP contribution in [0.25, 0.3) is 11.6 Å². The smallest absolute Gasteiger partial charge is 0.241 e. The van der Waals surface area contributed by atoms with Crippen molar-refractivity contribution in [1.29, 1.82) is 0 Å². The summed E-state index contributed by atoms with van der Waals surface area (Å²) in [6, 6.07) is 3.50. The van der Waals surface area contributed by atoms with Gasteiger partial charge >= 0.3 is 0 Å². The molecule has 10 heteroatoms. The molecular formula is C13H18N4O5S. The molecule has 0 aliphatic carbocycles. The van der Waals surface area contributed by atoms with Crippen molar-refractivity contribution in [3.05, 3.63) is 24.3 Å². The van der Waals surface area contributed by atoms with E-state index >= 15 is 0 Å². The zero-order valence-electron chi connectivity index (χ0n) is 12.6. The minimum atomic E-state index is -3.18. The first-order valence-corrected chi connectivity index (χ1v) is 9.01. The van der Waals surface area contributed by atoms with Crippen LogP contribution in [0.2, 0.25) is 0 Å². The van der Waals surface area contributed by atoms with Crippen molar-refractivity contribution >= 4 is 10.0 Å². The Morgan fingerprint density at radius 1 is 1.48 bits per heavy atom. The summed E-state index contributed by atoms with van der Waals surface area (Å²) in [4.78, 5) is 4.21. The lowest BCUT2D eigenvalue weighted by molar-refractivity contribution is -0.000379. The van der Waals surface area contributed by atoms with Crippen LogP contribution in [0.15, 0.2) is 27.3 Å². The highest BCUT2D eigenvalue weighted by molar-refractivity contribution is 7.88. The molecule has 0 amide bonds. The fraction of sp³-hybridized carbons (Fsp3) is 0.538. The Labute approximate surface area is 133 Å². The number of nitrogens with one attached hydrogen (secondary N) is 1. The first-order chi connectivity index (χ1) is 11.0. The fourth-order valence-electron chi connectivity index (χ4n) is 2.29. The van der Waals surface area contributed by atoms with Gasteiger partial charge in [0.1, 0.15) is 0 Å². The molecule has 1 aliphatic rings. The summed E-state index contributed by atoms with van der Waals surface area (Å²) in [6.45, 7) is 1.98. The molecule has 2 aromatic heterocycles. The summed E-state index contributed by atoms with van der Waals surface area (Å²) in [5.41, 5.74) is 0. The van der Waals surface area contributed by atoms with Crippen molar-refractivity contribution in [3.63, 3.8) is 0 Å². The number of hydrogen-bond donors (Lipinski definition) is 1. The van der Waals surface area contributed by atoms with Crippen LogP contribution >= 0.6 is 0 Å². The molecule has 0 unspecified atom stereocenters. The summed E-state index contributed by atoms with van der Waals surface area (Å²) in [5.74, 6) is 1.36. The van der Waals surface area contributed by atoms with Gasteiger partial charge in [-0.3, -0.25) is 0 Å². The monoisotopic (exact) mass is 342 g/mol. The SMILES string of the molecule is CS(=O)(=O)N1CCO[C@@H](CNCc2nc(-c3ccco3)no2)C1. The Hall–Kier alpha value is -1.75. The molecule has 1 saturated heterocycles. The summed E-state index contributed by atoms with van der Waals surface area (Å²) in [6.07, 6.45) is 2.54. The molecule has 1 fully saturated rings. The van der Waals surface area contributed by atoms with Crippen LogP contribution in [0, 0.1) is 0 Å². The predicted octanol–water partition coefficient (Wildman–Crippen LogP) is 0.0796. The molecule has 0 bridgehead atoms. The average Bonchev–Trinajstić information content (AvgIpc) is 3.18. The van der Waals surface area contributed by atoms with Gasteiger partial charge in [0, 0.05) is 19.6 Å². The molecular weight excluding hydrogens is 324 g/mol. The average molecular weight is 342 g/mol. The van der Waals surface area contributed by atoms with Gasteiger partial charge < -0.3 is 19.0 Å². The quantitative estimate of drug-likeness (QED) is 0.786. The number of nitrogens with zero attached hydrogens (tertiary/aromatic N) is 3. The van der Waals surface area contributed by atoms with Gasteiger partial charge in [-0.1, -0.05) is 5.16 Å². The second-order valence-corrected chi connectivity index (χ2v) is 7.22. The lowest BCUT2D eigenvalue weighted by atomic mass is 10.3. The minimum absolute atomic E-state index is 0.203. The Balaban J connectivity index is 1.48. The van der Waals surface area contributed by atoms with Crippen molar-refractivity contribution in [3.8, 4) is 11.6 Å². The number of hydrogen-bond acceptors (Lipinski definition) is 8. The predicted molar refractivity (Wildman–Crippen MR) is 79.9 cm³/mol. The summed E-state index contributed by atoms with van der Waals surface area (Å²) >= 11 is 0. The van der Waals surface area contributed by atoms with Crippen LogP contribution in [0.1, 0.15) is 5.89 Å². The molecule has 9 nitrogen and oxygen atoms in total. The van der Waals surface area contributed by atoms with Gasteiger partial charge in [-0.25, -0.2) is 8.42 Å². The van der Waals surface area contributed by atoms with Crippen molar-refractivity contribution in [1.82, 2.24) is 19.8 Å².